The Bertz CT molecular complexity index is 694. The lowest BCUT2D eigenvalue weighted by Crippen LogP contribution is -2.50. The number of halogens is 1. The van der Waals surface area contributed by atoms with Crippen LogP contribution in [-0.2, 0) is 11.3 Å². The summed E-state index contributed by atoms with van der Waals surface area (Å²) < 4.78 is 1.15. The molecule has 0 aromatic carbocycles. The molecule has 24 heavy (non-hydrogen) atoms. The molecule has 1 aliphatic heterocycles. The first-order chi connectivity index (χ1) is 11.6. The third-order valence-corrected chi connectivity index (χ3v) is 6.36. The van der Waals surface area contributed by atoms with Gasteiger partial charge in [-0.3, -0.25) is 14.5 Å². The van der Waals surface area contributed by atoms with Crippen LogP contribution in [-0.4, -0.2) is 54.3 Å². The van der Waals surface area contributed by atoms with Crippen LogP contribution in [0.1, 0.15) is 14.5 Å². The number of carbonyl (C=O) groups is 2. The van der Waals surface area contributed by atoms with Crippen LogP contribution in [0.5, 0.6) is 0 Å². The fourth-order valence-corrected chi connectivity index (χ4v) is 4.74. The molecule has 5 nitrogen and oxygen atoms in total. The van der Waals surface area contributed by atoms with E-state index in [2.05, 4.69) is 38.3 Å². The molecule has 2 amide bonds. The average Bonchev–Trinajstić information content (AvgIpc) is 3.25. The highest BCUT2D eigenvalue weighted by Gasteiger charge is 2.21. The van der Waals surface area contributed by atoms with Gasteiger partial charge in [0.15, 0.2) is 0 Å². The van der Waals surface area contributed by atoms with Gasteiger partial charge in [0.2, 0.25) is 5.91 Å². The van der Waals surface area contributed by atoms with E-state index in [4.69, 9.17) is 0 Å². The number of hydrogen-bond donors (Lipinski definition) is 1. The maximum Gasteiger partial charge on any atom is 0.261 e. The van der Waals surface area contributed by atoms with E-state index in [0.29, 0.717) is 18.0 Å². The van der Waals surface area contributed by atoms with Crippen molar-refractivity contribution < 1.29 is 9.59 Å². The lowest BCUT2D eigenvalue weighted by molar-refractivity contribution is -0.131. The van der Waals surface area contributed by atoms with Gasteiger partial charge in [0, 0.05) is 37.6 Å². The minimum Gasteiger partial charge on any atom is -0.342 e. The van der Waals surface area contributed by atoms with Crippen LogP contribution in [0.4, 0.5) is 0 Å². The summed E-state index contributed by atoms with van der Waals surface area (Å²) in [5.41, 5.74) is 0. The van der Waals surface area contributed by atoms with Crippen LogP contribution in [0.25, 0.3) is 0 Å². The van der Waals surface area contributed by atoms with Crippen LogP contribution in [0.2, 0.25) is 0 Å². The quantitative estimate of drug-likeness (QED) is 0.797. The normalized spacial score (nSPS) is 15.5. The summed E-state index contributed by atoms with van der Waals surface area (Å²) in [4.78, 5) is 30.2. The van der Waals surface area contributed by atoms with E-state index in [9.17, 15) is 9.59 Å². The van der Waals surface area contributed by atoms with E-state index in [1.807, 2.05) is 16.3 Å². The SMILES string of the molecule is O=C(NCC(=O)N1CCN(Cc2ccc(Br)s2)CC1)c1cccs1. The van der Waals surface area contributed by atoms with Gasteiger partial charge in [-0.1, -0.05) is 6.07 Å². The van der Waals surface area contributed by atoms with Crippen LogP contribution < -0.4 is 5.32 Å². The van der Waals surface area contributed by atoms with Crippen molar-refractivity contribution in [3.05, 3.63) is 43.2 Å². The number of carbonyl (C=O) groups excluding carboxylic acids is 2. The third kappa shape index (κ3) is 4.66. The molecule has 1 fully saturated rings. The van der Waals surface area contributed by atoms with E-state index in [1.54, 1.807) is 17.4 Å². The van der Waals surface area contributed by atoms with Gasteiger partial charge in [0.05, 0.1) is 15.2 Å². The average molecular weight is 428 g/mol. The molecule has 2 aromatic heterocycles. The fourth-order valence-electron chi connectivity index (χ4n) is 2.58. The number of nitrogens with one attached hydrogen (secondary N) is 1. The Morgan fingerprint density at radius 1 is 1.17 bits per heavy atom. The minimum atomic E-state index is -0.180. The highest BCUT2D eigenvalue weighted by Crippen LogP contribution is 2.23. The van der Waals surface area contributed by atoms with Gasteiger partial charge in [0.1, 0.15) is 0 Å². The molecule has 2 aromatic rings. The van der Waals surface area contributed by atoms with Gasteiger partial charge in [-0.2, -0.15) is 0 Å². The van der Waals surface area contributed by atoms with Crippen molar-refractivity contribution in [2.24, 2.45) is 0 Å². The zero-order chi connectivity index (χ0) is 16.9. The number of piperazine rings is 1. The number of hydrogen-bond acceptors (Lipinski definition) is 5. The van der Waals surface area contributed by atoms with Crippen molar-refractivity contribution in [2.45, 2.75) is 6.54 Å². The molecule has 3 rings (SSSR count). The van der Waals surface area contributed by atoms with Gasteiger partial charge in [-0.05, 0) is 39.5 Å². The number of thiophene rings is 2. The highest BCUT2D eigenvalue weighted by molar-refractivity contribution is 9.11. The molecule has 0 aliphatic carbocycles. The van der Waals surface area contributed by atoms with Crippen molar-refractivity contribution in [3.63, 3.8) is 0 Å². The molecule has 1 aliphatic rings. The van der Waals surface area contributed by atoms with Crippen molar-refractivity contribution in [3.8, 4) is 0 Å². The van der Waals surface area contributed by atoms with E-state index >= 15 is 0 Å². The molecule has 3 heterocycles. The molecule has 0 unspecified atom stereocenters. The summed E-state index contributed by atoms with van der Waals surface area (Å²) in [6.07, 6.45) is 0. The molecule has 0 radical (unpaired) electrons. The predicted molar refractivity (Wildman–Crippen MR) is 101 cm³/mol. The van der Waals surface area contributed by atoms with Crippen molar-refractivity contribution in [1.29, 1.82) is 0 Å². The van der Waals surface area contributed by atoms with Gasteiger partial charge < -0.3 is 10.2 Å². The topological polar surface area (TPSA) is 52.7 Å². The van der Waals surface area contributed by atoms with E-state index < -0.39 is 0 Å². The van der Waals surface area contributed by atoms with Crippen LogP contribution in [0, 0.1) is 0 Å². The summed E-state index contributed by atoms with van der Waals surface area (Å²) in [5.74, 6) is -0.196. The lowest BCUT2D eigenvalue weighted by Gasteiger charge is -2.34. The number of rotatable bonds is 5. The maximum atomic E-state index is 12.2. The first-order valence-corrected chi connectivity index (χ1v) is 10.2. The highest BCUT2D eigenvalue weighted by atomic mass is 79.9. The molecule has 8 heteroatoms. The van der Waals surface area contributed by atoms with Crippen LogP contribution in [0.3, 0.4) is 0 Å². The Labute approximate surface area is 157 Å². The Morgan fingerprint density at radius 3 is 2.58 bits per heavy atom. The fraction of sp³-hybridized carbons (Fsp3) is 0.375. The van der Waals surface area contributed by atoms with Crippen LogP contribution in [0.15, 0.2) is 33.4 Å². The van der Waals surface area contributed by atoms with E-state index in [-0.39, 0.29) is 18.4 Å². The minimum absolute atomic E-state index is 0.0153. The molecule has 128 valence electrons. The Morgan fingerprint density at radius 2 is 1.96 bits per heavy atom. The second-order valence-corrected chi connectivity index (χ2v) is 9.02. The lowest BCUT2D eigenvalue weighted by atomic mass is 10.3. The summed E-state index contributed by atoms with van der Waals surface area (Å²) in [7, 11) is 0. The molecule has 0 atom stereocenters. The standard InChI is InChI=1S/C16H18BrN3O2S2/c17-14-4-3-12(24-14)11-19-5-7-20(8-6-19)15(21)10-18-16(22)13-2-1-9-23-13/h1-4,9H,5-8,10-11H2,(H,18,22). The molecule has 1 saturated heterocycles. The Kier molecular flexibility index (Phi) is 6.04. The Balaban J connectivity index is 1.41. The predicted octanol–water partition coefficient (Wildman–Crippen LogP) is 2.65. The van der Waals surface area contributed by atoms with Crippen LogP contribution >= 0.6 is 38.6 Å². The summed E-state index contributed by atoms with van der Waals surface area (Å²) in [6.45, 7) is 4.13. The first kappa shape index (κ1) is 17.6. The zero-order valence-electron chi connectivity index (χ0n) is 13.0. The summed E-state index contributed by atoms with van der Waals surface area (Å²) >= 11 is 6.60. The van der Waals surface area contributed by atoms with Gasteiger partial charge in [-0.25, -0.2) is 0 Å². The van der Waals surface area contributed by atoms with E-state index in [0.717, 1.165) is 23.4 Å². The van der Waals surface area contributed by atoms with E-state index in [1.165, 1.54) is 16.2 Å². The monoisotopic (exact) mass is 427 g/mol. The molecule has 0 spiro atoms. The molecular formula is C16H18BrN3O2S2. The first-order valence-electron chi connectivity index (χ1n) is 7.68. The largest absolute Gasteiger partial charge is 0.342 e. The molecule has 1 N–H and O–H groups in total. The second kappa shape index (κ2) is 8.24. The smallest absolute Gasteiger partial charge is 0.261 e. The van der Waals surface area contributed by atoms with Crippen molar-refractivity contribution in [1.82, 2.24) is 15.1 Å². The molecule has 0 bridgehead atoms. The Hall–Kier alpha value is -1.22. The number of amides is 2. The van der Waals surface area contributed by atoms with Gasteiger partial charge in [0.25, 0.3) is 5.91 Å². The third-order valence-electron chi connectivity index (χ3n) is 3.88. The van der Waals surface area contributed by atoms with Crippen molar-refractivity contribution in [2.75, 3.05) is 32.7 Å². The second-order valence-electron chi connectivity index (χ2n) is 5.52. The van der Waals surface area contributed by atoms with Gasteiger partial charge >= 0.3 is 0 Å². The molecular weight excluding hydrogens is 410 g/mol. The summed E-state index contributed by atoms with van der Waals surface area (Å²) in [6, 6.07) is 7.78. The van der Waals surface area contributed by atoms with Gasteiger partial charge in [-0.15, -0.1) is 22.7 Å². The molecule has 0 saturated carbocycles. The summed E-state index contributed by atoms with van der Waals surface area (Å²) in [5, 5.41) is 4.55. The maximum absolute atomic E-state index is 12.2. The zero-order valence-corrected chi connectivity index (χ0v) is 16.3. The van der Waals surface area contributed by atoms with Crippen molar-refractivity contribution >= 4 is 50.4 Å². The number of nitrogens with zero attached hydrogens (tertiary/aromatic N) is 2.